The van der Waals surface area contributed by atoms with Gasteiger partial charge in [0.15, 0.2) is 0 Å². The molecule has 2 amide bonds. The standard InChI is InChI=1S/C27H27N2O4PS/c28-23(27(32)33)19-35-24-18-25(30)29(26(24)31)16-17-34(20-10-4-1-5-11-20,21-12-6-2-7-13-21)22-14-8-3-9-15-22/h1-15,23-24H,16-19,28H2/p+1. The first-order valence-electron chi connectivity index (χ1n) is 11.4. The van der Waals surface area contributed by atoms with E-state index in [9.17, 15) is 14.4 Å². The lowest BCUT2D eigenvalue weighted by Crippen LogP contribution is -2.40. The number of thioether (sulfide) groups is 1. The lowest BCUT2D eigenvalue weighted by atomic mass is 10.3. The fourth-order valence-electron chi connectivity index (χ4n) is 4.44. The Morgan fingerprint density at radius 3 is 1.80 bits per heavy atom. The largest absolute Gasteiger partial charge is 0.480 e. The van der Waals surface area contributed by atoms with Crippen LogP contribution in [-0.2, 0) is 14.4 Å². The summed E-state index contributed by atoms with van der Waals surface area (Å²) in [7, 11) is -2.17. The van der Waals surface area contributed by atoms with Gasteiger partial charge in [0.1, 0.15) is 29.2 Å². The monoisotopic (exact) mass is 507 g/mol. The van der Waals surface area contributed by atoms with Crippen LogP contribution < -0.4 is 21.6 Å². The average molecular weight is 508 g/mol. The maximum atomic E-state index is 13.1. The molecule has 2 unspecified atom stereocenters. The topological polar surface area (TPSA) is 101 Å². The summed E-state index contributed by atoms with van der Waals surface area (Å²) < 4.78 is 0. The predicted octanol–water partition coefficient (Wildman–Crippen LogP) is 2.25. The van der Waals surface area contributed by atoms with Gasteiger partial charge in [0, 0.05) is 12.2 Å². The molecule has 0 aromatic heterocycles. The zero-order valence-electron chi connectivity index (χ0n) is 19.2. The maximum Gasteiger partial charge on any atom is 0.321 e. The van der Waals surface area contributed by atoms with Crippen molar-refractivity contribution in [2.75, 3.05) is 18.5 Å². The van der Waals surface area contributed by atoms with E-state index in [0.29, 0.717) is 12.7 Å². The number of likely N-dealkylation sites (tertiary alicyclic amines) is 1. The molecule has 35 heavy (non-hydrogen) atoms. The van der Waals surface area contributed by atoms with Crippen LogP contribution in [-0.4, -0.2) is 57.5 Å². The summed E-state index contributed by atoms with van der Waals surface area (Å²) in [5.74, 6) is -1.51. The fourth-order valence-corrected chi connectivity index (χ4v) is 9.77. The molecule has 1 aliphatic rings. The van der Waals surface area contributed by atoms with Crippen molar-refractivity contribution in [2.45, 2.75) is 17.7 Å². The van der Waals surface area contributed by atoms with Crippen LogP contribution in [0.1, 0.15) is 6.42 Å². The van der Waals surface area contributed by atoms with Crippen molar-refractivity contribution in [3.63, 3.8) is 0 Å². The molecule has 180 valence electrons. The Hall–Kier alpha value is -2.99. The number of carbonyl (C=O) groups is 3. The number of hydrogen-bond donors (Lipinski definition) is 2. The van der Waals surface area contributed by atoms with E-state index in [2.05, 4.69) is 36.4 Å². The van der Waals surface area contributed by atoms with Gasteiger partial charge in [0.25, 0.3) is 0 Å². The third-order valence-corrected chi connectivity index (χ3v) is 12.0. The van der Waals surface area contributed by atoms with Crippen LogP contribution in [0.15, 0.2) is 91.0 Å². The number of hydrogen-bond acceptors (Lipinski definition) is 5. The number of nitrogens with two attached hydrogens (primary N) is 1. The minimum absolute atomic E-state index is 0.0727. The molecule has 0 saturated carbocycles. The van der Waals surface area contributed by atoms with Gasteiger partial charge in [0.2, 0.25) is 11.8 Å². The fraction of sp³-hybridized carbons (Fsp3) is 0.222. The Balaban J connectivity index is 1.66. The molecule has 2 atom stereocenters. The van der Waals surface area contributed by atoms with E-state index < -0.39 is 24.5 Å². The van der Waals surface area contributed by atoms with Crippen LogP contribution in [0.5, 0.6) is 0 Å². The minimum Gasteiger partial charge on any atom is -0.480 e. The van der Waals surface area contributed by atoms with Crippen LogP contribution >= 0.6 is 19.0 Å². The highest BCUT2D eigenvalue weighted by molar-refractivity contribution is 8.00. The SMILES string of the molecule is NC(CSC1CC(=O)N(CC[P+](c2ccccc2)(c2ccccc2)c2ccccc2)C1=O)C(=O)O. The summed E-state index contributed by atoms with van der Waals surface area (Å²) in [5.41, 5.74) is 5.59. The number of imide groups is 1. The first kappa shape index (κ1) is 25.1. The summed E-state index contributed by atoms with van der Waals surface area (Å²) in [5, 5.41) is 12.0. The van der Waals surface area contributed by atoms with Crippen LogP contribution in [0.4, 0.5) is 0 Å². The molecule has 8 heteroatoms. The highest BCUT2D eigenvalue weighted by Crippen LogP contribution is 2.55. The van der Waals surface area contributed by atoms with Crippen LogP contribution in [0.2, 0.25) is 0 Å². The summed E-state index contributed by atoms with van der Waals surface area (Å²) in [6.45, 7) is 0.298. The summed E-state index contributed by atoms with van der Waals surface area (Å²) >= 11 is 1.15. The number of aliphatic carboxylic acids is 1. The summed E-state index contributed by atoms with van der Waals surface area (Å²) in [4.78, 5) is 38.4. The zero-order chi connectivity index (χ0) is 24.8. The first-order valence-corrected chi connectivity index (χ1v) is 14.4. The van der Waals surface area contributed by atoms with E-state index in [0.717, 1.165) is 11.8 Å². The predicted molar refractivity (Wildman–Crippen MR) is 143 cm³/mol. The Morgan fingerprint density at radius 2 is 1.37 bits per heavy atom. The van der Waals surface area contributed by atoms with Gasteiger partial charge in [-0.3, -0.25) is 19.3 Å². The lowest BCUT2D eigenvalue weighted by Gasteiger charge is -2.29. The molecular formula is C27H28N2O4PS+. The minimum atomic E-state index is -2.17. The smallest absolute Gasteiger partial charge is 0.321 e. The molecule has 3 aromatic carbocycles. The second-order valence-electron chi connectivity index (χ2n) is 8.39. The van der Waals surface area contributed by atoms with Gasteiger partial charge in [-0.2, -0.15) is 0 Å². The quantitative estimate of drug-likeness (QED) is 0.323. The van der Waals surface area contributed by atoms with Gasteiger partial charge < -0.3 is 10.8 Å². The van der Waals surface area contributed by atoms with Gasteiger partial charge in [-0.1, -0.05) is 54.6 Å². The molecule has 0 bridgehead atoms. The molecule has 1 heterocycles. The molecule has 3 N–H and O–H groups in total. The van der Waals surface area contributed by atoms with E-state index in [4.69, 9.17) is 10.8 Å². The van der Waals surface area contributed by atoms with Crippen LogP contribution in [0.3, 0.4) is 0 Å². The molecule has 0 aliphatic carbocycles. The number of nitrogens with zero attached hydrogens (tertiary/aromatic N) is 1. The molecule has 1 fully saturated rings. The van der Waals surface area contributed by atoms with Gasteiger partial charge in [-0.15, -0.1) is 11.8 Å². The Morgan fingerprint density at radius 1 is 0.914 bits per heavy atom. The van der Waals surface area contributed by atoms with Crippen LogP contribution in [0, 0.1) is 0 Å². The maximum absolute atomic E-state index is 13.1. The van der Waals surface area contributed by atoms with Crippen molar-refractivity contribution in [2.24, 2.45) is 5.73 Å². The number of carboxylic acids is 1. The molecule has 3 aromatic rings. The number of carboxylic acid groups (broad SMARTS) is 1. The number of benzene rings is 3. The van der Waals surface area contributed by atoms with Gasteiger partial charge in [-0.25, -0.2) is 0 Å². The number of rotatable bonds is 10. The van der Waals surface area contributed by atoms with Crippen molar-refractivity contribution in [3.05, 3.63) is 91.0 Å². The van der Waals surface area contributed by atoms with Gasteiger partial charge in [0.05, 0.1) is 18.0 Å². The third-order valence-electron chi connectivity index (χ3n) is 6.25. The zero-order valence-corrected chi connectivity index (χ0v) is 20.9. The highest BCUT2D eigenvalue weighted by Gasteiger charge is 2.47. The van der Waals surface area contributed by atoms with E-state index in [1.54, 1.807) is 0 Å². The van der Waals surface area contributed by atoms with Gasteiger partial charge in [-0.05, 0) is 36.4 Å². The second-order valence-corrected chi connectivity index (χ2v) is 13.2. The van der Waals surface area contributed by atoms with Crippen molar-refractivity contribution in [1.82, 2.24) is 4.90 Å². The Bertz CT molecular complexity index is 1080. The first-order chi connectivity index (χ1) is 16.9. The summed E-state index contributed by atoms with van der Waals surface area (Å²) in [6.07, 6.45) is 0.692. The molecular weight excluding hydrogens is 479 g/mol. The van der Waals surface area contributed by atoms with Crippen molar-refractivity contribution in [3.8, 4) is 0 Å². The van der Waals surface area contributed by atoms with Crippen molar-refractivity contribution in [1.29, 1.82) is 0 Å². The van der Waals surface area contributed by atoms with Crippen molar-refractivity contribution < 1.29 is 19.5 Å². The van der Waals surface area contributed by atoms with Crippen LogP contribution in [0.25, 0.3) is 0 Å². The third kappa shape index (κ3) is 5.32. The molecule has 0 radical (unpaired) electrons. The lowest BCUT2D eigenvalue weighted by molar-refractivity contribution is -0.139. The molecule has 1 saturated heterocycles. The Labute approximate surface area is 209 Å². The van der Waals surface area contributed by atoms with E-state index >= 15 is 0 Å². The molecule has 6 nitrogen and oxygen atoms in total. The molecule has 1 aliphatic heterocycles. The second kappa shape index (κ2) is 11.2. The van der Waals surface area contributed by atoms with E-state index in [1.165, 1.54) is 20.8 Å². The van der Waals surface area contributed by atoms with E-state index in [-0.39, 0.29) is 24.0 Å². The Kier molecular flexibility index (Phi) is 8.01. The average Bonchev–Trinajstić information content (AvgIpc) is 3.17. The number of amides is 2. The molecule has 4 rings (SSSR count). The van der Waals surface area contributed by atoms with Crippen molar-refractivity contribution >= 4 is 52.7 Å². The van der Waals surface area contributed by atoms with E-state index in [1.807, 2.05) is 54.6 Å². The molecule has 0 spiro atoms. The summed E-state index contributed by atoms with van der Waals surface area (Å²) in [6, 6.07) is 29.9. The van der Waals surface area contributed by atoms with Gasteiger partial charge >= 0.3 is 5.97 Å². The normalized spacial score (nSPS) is 16.9. The number of carbonyl (C=O) groups excluding carboxylic acids is 2. The highest BCUT2D eigenvalue weighted by atomic mass is 32.2.